The summed E-state index contributed by atoms with van der Waals surface area (Å²) in [6.45, 7) is 12.3. The Labute approximate surface area is 156 Å². The Kier molecular flexibility index (Phi) is 5.34. The van der Waals surface area contributed by atoms with Gasteiger partial charge in [-0.2, -0.15) is 0 Å². The zero-order valence-corrected chi connectivity index (χ0v) is 16.9. The van der Waals surface area contributed by atoms with Crippen LogP contribution in [0.1, 0.15) is 47.1 Å². The summed E-state index contributed by atoms with van der Waals surface area (Å²) in [6.07, 6.45) is 3.87. The summed E-state index contributed by atoms with van der Waals surface area (Å²) in [5, 5.41) is 0.638. The lowest BCUT2D eigenvalue weighted by Crippen LogP contribution is -2.28. The van der Waals surface area contributed by atoms with E-state index in [1.54, 1.807) is 7.11 Å². The molecule has 0 spiro atoms. The van der Waals surface area contributed by atoms with Crippen LogP contribution in [0.15, 0.2) is 53.1 Å². The third-order valence-electron chi connectivity index (χ3n) is 4.30. The molecule has 0 aromatic heterocycles. The van der Waals surface area contributed by atoms with Crippen LogP contribution in [0, 0.1) is 10.8 Å². The second-order valence-corrected chi connectivity index (χ2v) is 8.82. The molecule has 2 rings (SSSR count). The molecule has 25 heavy (non-hydrogen) atoms. The predicted octanol–water partition coefficient (Wildman–Crippen LogP) is 6.17. The highest BCUT2D eigenvalue weighted by Gasteiger charge is 2.34. The Morgan fingerprint density at radius 2 is 1.32 bits per heavy atom. The van der Waals surface area contributed by atoms with E-state index in [4.69, 9.17) is 16.3 Å². The van der Waals surface area contributed by atoms with Crippen LogP contribution >= 0.6 is 11.6 Å². The molecule has 0 bridgehead atoms. The summed E-state index contributed by atoms with van der Waals surface area (Å²) in [5.74, 6) is 0.900. The maximum Gasteiger partial charge on any atom is 0.186 e. The Morgan fingerprint density at radius 3 is 1.68 bits per heavy atom. The molecule has 1 aromatic carbocycles. The maximum atomic E-state index is 13.0. The van der Waals surface area contributed by atoms with Gasteiger partial charge in [0.05, 0.1) is 12.1 Å². The summed E-state index contributed by atoms with van der Waals surface area (Å²) < 4.78 is 5.20. The van der Waals surface area contributed by atoms with Gasteiger partial charge in [-0.25, -0.2) is 0 Å². The molecule has 0 unspecified atom stereocenters. The average Bonchev–Trinajstić information content (AvgIpc) is 2.52. The van der Waals surface area contributed by atoms with Crippen LogP contribution < -0.4 is 4.74 Å². The lowest BCUT2D eigenvalue weighted by atomic mass is 9.72. The molecule has 0 N–H and O–H groups in total. The molecule has 3 heteroatoms. The Hall–Kier alpha value is -1.80. The zero-order valence-electron chi connectivity index (χ0n) is 16.2. The van der Waals surface area contributed by atoms with Gasteiger partial charge in [-0.3, -0.25) is 4.79 Å². The van der Waals surface area contributed by atoms with Crippen molar-refractivity contribution in [2.45, 2.75) is 41.5 Å². The first-order chi connectivity index (χ1) is 11.4. The number of halogens is 1. The van der Waals surface area contributed by atoms with Gasteiger partial charge in [0, 0.05) is 11.1 Å². The van der Waals surface area contributed by atoms with E-state index in [9.17, 15) is 4.79 Å². The van der Waals surface area contributed by atoms with Crippen LogP contribution in [0.25, 0.3) is 5.03 Å². The molecule has 0 radical (unpaired) electrons. The molecule has 0 saturated carbocycles. The molecule has 0 fully saturated rings. The van der Waals surface area contributed by atoms with Gasteiger partial charge < -0.3 is 4.74 Å². The van der Waals surface area contributed by atoms with Gasteiger partial charge in [-0.1, -0.05) is 53.1 Å². The maximum absolute atomic E-state index is 13.0. The van der Waals surface area contributed by atoms with Crippen molar-refractivity contribution in [3.8, 4) is 5.75 Å². The molecule has 1 aromatic rings. The van der Waals surface area contributed by atoms with Crippen molar-refractivity contribution in [2.24, 2.45) is 10.8 Å². The van der Waals surface area contributed by atoms with E-state index in [-0.39, 0.29) is 16.6 Å². The average molecular weight is 359 g/mol. The van der Waals surface area contributed by atoms with Crippen molar-refractivity contribution in [3.63, 3.8) is 0 Å². The van der Waals surface area contributed by atoms with Crippen LogP contribution in [0.4, 0.5) is 0 Å². The summed E-state index contributed by atoms with van der Waals surface area (Å²) in [6, 6.07) is 7.63. The second kappa shape index (κ2) is 6.84. The zero-order chi connectivity index (χ0) is 19.0. The number of benzene rings is 1. The molecule has 1 aliphatic rings. The molecular weight excluding hydrogens is 332 g/mol. The van der Waals surface area contributed by atoms with Crippen molar-refractivity contribution >= 4 is 22.4 Å². The number of hydrogen-bond acceptors (Lipinski definition) is 2. The monoisotopic (exact) mass is 358 g/mol. The highest BCUT2D eigenvalue weighted by molar-refractivity contribution is 6.49. The van der Waals surface area contributed by atoms with Crippen molar-refractivity contribution in [2.75, 3.05) is 7.11 Å². The molecule has 0 saturated heterocycles. The van der Waals surface area contributed by atoms with Gasteiger partial charge in [0.15, 0.2) is 5.78 Å². The van der Waals surface area contributed by atoms with Crippen LogP contribution in [0.3, 0.4) is 0 Å². The number of carbonyl (C=O) groups is 1. The van der Waals surface area contributed by atoms with Crippen LogP contribution in [-0.4, -0.2) is 12.9 Å². The van der Waals surface area contributed by atoms with E-state index in [1.165, 1.54) is 0 Å². The highest BCUT2D eigenvalue weighted by Crippen LogP contribution is 2.41. The first-order valence-corrected chi connectivity index (χ1v) is 8.86. The lowest BCUT2D eigenvalue weighted by molar-refractivity contribution is -0.114. The van der Waals surface area contributed by atoms with Crippen LogP contribution in [-0.2, 0) is 4.79 Å². The summed E-state index contributed by atoms with van der Waals surface area (Å²) in [5.41, 5.74) is 2.87. The van der Waals surface area contributed by atoms with E-state index in [0.717, 1.165) is 28.0 Å². The van der Waals surface area contributed by atoms with E-state index < -0.39 is 0 Å². The van der Waals surface area contributed by atoms with Gasteiger partial charge >= 0.3 is 0 Å². The first kappa shape index (κ1) is 19.5. The minimum absolute atomic E-state index is 0.114. The third-order valence-corrected chi connectivity index (χ3v) is 4.74. The van der Waals surface area contributed by atoms with E-state index >= 15 is 0 Å². The third kappa shape index (κ3) is 4.24. The normalized spacial score (nSPS) is 15.7. The van der Waals surface area contributed by atoms with E-state index in [2.05, 4.69) is 41.5 Å². The van der Waals surface area contributed by atoms with Gasteiger partial charge in [-0.05, 0) is 58.4 Å². The smallest absolute Gasteiger partial charge is 0.186 e. The molecule has 0 heterocycles. The fourth-order valence-electron chi connectivity index (χ4n) is 2.77. The number of ketones is 1. The largest absolute Gasteiger partial charge is 0.497 e. The topological polar surface area (TPSA) is 26.3 Å². The Morgan fingerprint density at radius 1 is 0.880 bits per heavy atom. The fraction of sp³-hybridized carbons (Fsp3) is 0.409. The molecule has 0 aliphatic heterocycles. The van der Waals surface area contributed by atoms with Crippen molar-refractivity contribution in [3.05, 3.63) is 58.7 Å². The number of Topliss-reactive ketones (excluding diaryl/α,β-unsaturated/α-hetero) is 1. The minimum atomic E-state index is -0.246. The molecule has 1 aliphatic carbocycles. The quantitative estimate of drug-likeness (QED) is 0.631. The van der Waals surface area contributed by atoms with Crippen LogP contribution in [0.5, 0.6) is 5.75 Å². The van der Waals surface area contributed by atoms with E-state index in [0.29, 0.717) is 5.03 Å². The number of carbonyl (C=O) groups excluding carboxylic acids is 1. The highest BCUT2D eigenvalue weighted by atomic mass is 35.5. The predicted molar refractivity (Wildman–Crippen MR) is 106 cm³/mol. The van der Waals surface area contributed by atoms with Crippen molar-refractivity contribution < 1.29 is 9.53 Å². The standard InChI is InChI=1S/C22H27ClO2/c1-21(2,3)17-12-15(13-18(20(17)24)22(4,5)6)19(23)14-8-10-16(25-7)11-9-14/h8-13H,1-7H3. The molecule has 0 atom stereocenters. The lowest BCUT2D eigenvalue weighted by Gasteiger charge is -2.31. The molecular formula is C22H27ClO2. The Balaban J connectivity index is 2.64. The fourth-order valence-corrected chi connectivity index (χ4v) is 3.01. The summed E-state index contributed by atoms with van der Waals surface area (Å²) in [4.78, 5) is 13.0. The summed E-state index contributed by atoms with van der Waals surface area (Å²) >= 11 is 6.70. The molecule has 0 amide bonds. The van der Waals surface area contributed by atoms with Gasteiger partial charge in [0.25, 0.3) is 0 Å². The Bertz CT molecular complexity index is 728. The van der Waals surface area contributed by atoms with Gasteiger partial charge in [-0.15, -0.1) is 0 Å². The molecule has 2 nitrogen and oxygen atoms in total. The van der Waals surface area contributed by atoms with Crippen molar-refractivity contribution in [1.82, 2.24) is 0 Å². The van der Waals surface area contributed by atoms with E-state index in [1.807, 2.05) is 36.4 Å². The number of methoxy groups -OCH3 is 1. The van der Waals surface area contributed by atoms with Crippen molar-refractivity contribution in [1.29, 1.82) is 0 Å². The van der Waals surface area contributed by atoms with Gasteiger partial charge in [0.1, 0.15) is 5.75 Å². The number of rotatable bonds is 2. The summed E-state index contributed by atoms with van der Waals surface area (Å²) in [7, 11) is 1.64. The number of hydrogen-bond donors (Lipinski definition) is 0. The SMILES string of the molecule is COc1ccc(C(Cl)=C2C=C(C(C)(C)C)C(=O)C(C(C)(C)C)=C2)cc1. The van der Waals surface area contributed by atoms with Gasteiger partial charge in [0.2, 0.25) is 0 Å². The second-order valence-electron chi connectivity index (χ2n) is 8.44. The van der Waals surface area contributed by atoms with Crippen LogP contribution in [0.2, 0.25) is 0 Å². The first-order valence-electron chi connectivity index (χ1n) is 8.48. The number of ether oxygens (including phenoxy) is 1. The number of allylic oxidation sites excluding steroid dienone is 5. The molecule has 134 valence electrons. The minimum Gasteiger partial charge on any atom is -0.497 e.